The highest BCUT2D eigenvalue weighted by atomic mass is 16.5. The fraction of sp³-hybridized carbons (Fsp3) is 0.200. The van der Waals surface area contributed by atoms with Gasteiger partial charge >= 0.3 is 0 Å². The molecule has 0 amide bonds. The summed E-state index contributed by atoms with van der Waals surface area (Å²) in [5.41, 5.74) is 3.11. The third-order valence-corrected chi connectivity index (χ3v) is 4.43. The number of hydrogen-bond acceptors (Lipinski definition) is 2. The van der Waals surface area contributed by atoms with Gasteiger partial charge in [0.25, 0.3) is 0 Å². The molecular weight excluding hydrogens is 272 g/mol. The Morgan fingerprint density at radius 2 is 1.36 bits per heavy atom. The predicted octanol–water partition coefficient (Wildman–Crippen LogP) is 3.56. The molecule has 2 aromatic rings. The SMILES string of the molecule is CC(C1=CCC(O)(O)C=C1)(c1ccccc1)c1ccccc1. The van der Waals surface area contributed by atoms with E-state index in [1.165, 1.54) is 17.2 Å². The van der Waals surface area contributed by atoms with Crippen molar-refractivity contribution >= 4 is 0 Å². The summed E-state index contributed by atoms with van der Waals surface area (Å²) < 4.78 is 0. The van der Waals surface area contributed by atoms with Crippen LogP contribution in [0.15, 0.2) is 84.5 Å². The fourth-order valence-corrected chi connectivity index (χ4v) is 3.03. The lowest BCUT2D eigenvalue weighted by Crippen LogP contribution is -2.31. The van der Waals surface area contributed by atoms with Crippen LogP contribution in [0.2, 0.25) is 0 Å². The molecule has 3 rings (SSSR count). The number of rotatable bonds is 3. The Labute approximate surface area is 131 Å². The highest BCUT2D eigenvalue weighted by Crippen LogP contribution is 2.41. The van der Waals surface area contributed by atoms with Crippen LogP contribution in [-0.4, -0.2) is 16.0 Å². The Morgan fingerprint density at radius 1 is 0.864 bits per heavy atom. The molecule has 0 bridgehead atoms. The summed E-state index contributed by atoms with van der Waals surface area (Å²) in [4.78, 5) is 0. The summed E-state index contributed by atoms with van der Waals surface area (Å²) in [6.07, 6.45) is 5.41. The maximum Gasteiger partial charge on any atom is 0.186 e. The highest BCUT2D eigenvalue weighted by molar-refractivity contribution is 5.52. The first kappa shape index (κ1) is 14.8. The first-order valence-corrected chi connectivity index (χ1v) is 7.48. The van der Waals surface area contributed by atoms with E-state index < -0.39 is 5.79 Å². The molecule has 0 spiro atoms. The predicted molar refractivity (Wildman–Crippen MR) is 88.3 cm³/mol. The van der Waals surface area contributed by atoms with Gasteiger partial charge in [0.1, 0.15) is 0 Å². The zero-order valence-electron chi connectivity index (χ0n) is 12.6. The minimum atomic E-state index is -1.74. The highest BCUT2D eigenvalue weighted by Gasteiger charge is 2.34. The molecule has 0 fully saturated rings. The van der Waals surface area contributed by atoms with Gasteiger partial charge in [-0.3, -0.25) is 0 Å². The zero-order chi connectivity index (χ0) is 15.6. The molecule has 0 aliphatic heterocycles. The molecule has 2 nitrogen and oxygen atoms in total. The van der Waals surface area contributed by atoms with Crippen molar-refractivity contribution in [2.75, 3.05) is 0 Å². The largest absolute Gasteiger partial charge is 0.362 e. The Kier molecular flexibility index (Phi) is 3.73. The average molecular weight is 292 g/mol. The molecule has 0 radical (unpaired) electrons. The third-order valence-electron chi connectivity index (χ3n) is 4.43. The number of allylic oxidation sites excluding steroid dienone is 2. The van der Waals surface area contributed by atoms with Crippen LogP contribution in [0, 0.1) is 0 Å². The Bertz CT molecular complexity index is 658. The van der Waals surface area contributed by atoms with E-state index in [1.807, 2.05) is 48.6 Å². The van der Waals surface area contributed by atoms with Gasteiger partial charge in [0.2, 0.25) is 0 Å². The minimum Gasteiger partial charge on any atom is -0.362 e. The third kappa shape index (κ3) is 2.63. The topological polar surface area (TPSA) is 40.5 Å². The molecule has 2 heteroatoms. The van der Waals surface area contributed by atoms with Gasteiger partial charge < -0.3 is 10.2 Å². The summed E-state index contributed by atoms with van der Waals surface area (Å²) in [6.45, 7) is 2.18. The quantitative estimate of drug-likeness (QED) is 0.849. The maximum atomic E-state index is 9.72. The van der Waals surface area contributed by atoms with Gasteiger partial charge in [-0.1, -0.05) is 72.8 Å². The lowest BCUT2D eigenvalue weighted by atomic mass is 9.69. The van der Waals surface area contributed by atoms with E-state index in [-0.39, 0.29) is 11.8 Å². The second-order valence-corrected chi connectivity index (χ2v) is 5.93. The van der Waals surface area contributed by atoms with Gasteiger partial charge in [0, 0.05) is 11.8 Å². The minimum absolute atomic E-state index is 0.202. The molecule has 112 valence electrons. The van der Waals surface area contributed by atoms with Gasteiger partial charge in [-0.15, -0.1) is 0 Å². The first-order valence-electron chi connectivity index (χ1n) is 7.48. The summed E-state index contributed by atoms with van der Waals surface area (Å²) in [5, 5.41) is 19.4. The summed E-state index contributed by atoms with van der Waals surface area (Å²) in [6, 6.07) is 20.6. The van der Waals surface area contributed by atoms with Crippen molar-refractivity contribution < 1.29 is 10.2 Å². The Balaban J connectivity index is 2.14. The van der Waals surface area contributed by atoms with Crippen LogP contribution < -0.4 is 0 Å². The summed E-state index contributed by atoms with van der Waals surface area (Å²) in [5.74, 6) is -1.74. The maximum absolute atomic E-state index is 9.72. The molecule has 1 aliphatic carbocycles. The molecule has 0 aromatic heterocycles. The Hall–Kier alpha value is -2.16. The molecule has 0 heterocycles. The molecule has 0 saturated carbocycles. The monoisotopic (exact) mass is 292 g/mol. The number of hydrogen-bond donors (Lipinski definition) is 2. The molecule has 0 unspecified atom stereocenters. The van der Waals surface area contributed by atoms with Gasteiger partial charge in [0.15, 0.2) is 5.79 Å². The van der Waals surface area contributed by atoms with Crippen molar-refractivity contribution in [1.82, 2.24) is 0 Å². The van der Waals surface area contributed by atoms with Crippen LogP contribution in [0.4, 0.5) is 0 Å². The molecule has 22 heavy (non-hydrogen) atoms. The van der Waals surface area contributed by atoms with Crippen LogP contribution in [0.25, 0.3) is 0 Å². The van der Waals surface area contributed by atoms with Crippen molar-refractivity contribution in [3.8, 4) is 0 Å². The lowest BCUT2D eigenvalue weighted by molar-refractivity contribution is -0.115. The average Bonchev–Trinajstić information content (AvgIpc) is 2.56. The molecular formula is C20H20O2. The van der Waals surface area contributed by atoms with E-state index in [9.17, 15) is 10.2 Å². The van der Waals surface area contributed by atoms with E-state index in [0.717, 1.165) is 5.57 Å². The van der Waals surface area contributed by atoms with Gasteiger partial charge in [-0.05, 0) is 29.7 Å². The normalized spacial score (nSPS) is 17.1. The molecule has 1 aliphatic rings. The lowest BCUT2D eigenvalue weighted by Gasteiger charge is -2.35. The van der Waals surface area contributed by atoms with Crippen molar-refractivity contribution in [3.63, 3.8) is 0 Å². The molecule has 2 aromatic carbocycles. The fourth-order valence-electron chi connectivity index (χ4n) is 3.03. The standard InChI is InChI=1S/C20H20O2/c1-19(16-8-4-2-5-9-16,17-10-6-3-7-11-17)18-12-14-20(21,22)15-13-18/h2-14,21-22H,15H2,1H3. The van der Waals surface area contributed by atoms with Crippen LogP contribution in [0.5, 0.6) is 0 Å². The van der Waals surface area contributed by atoms with Crippen molar-refractivity contribution in [2.24, 2.45) is 0 Å². The second kappa shape index (κ2) is 5.56. The van der Waals surface area contributed by atoms with Crippen LogP contribution >= 0.6 is 0 Å². The van der Waals surface area contributed by atoms with Crippen molar-refractivity contribution in [1.29, 1.82) is 0 Å². The van der Waals surface area contributed by atoms with E-state index in [0.29, 0.717) is 0 Å². The van der Waals surface area contributed by atoms with Crippen LogP contribution in [0.1, 0.15) is 24.5 Å². The summed E-state index contributed by atoms with van der Waals surface area (Å²) >= 11 is 0. The number of aliphatic hydroxyl groups is 2. The van der Waals surface area contributed by atoms with E-state index in [1.54, 1.807) is 0 Å². The van der Waals surface area contributed by atoms with Crippen molar-refractivity contribution in [3.05, 3.63) is 95.6 Å². The van der Waals surface area contributed by atoms with E-state index in [2.05, 4.69) is 31.2 Å². The van der Waals surface area contributed by atoms with Crippen LogP contribution in [-0.2, 0) is 5.41 Å². The van der Waals surface area contributed by atoms with Gasteiger partial charge in [0.05, 0.1) is 0 Å². The zero-order valence-corrected chi connectivity index (χ0v) is 12.6. The van der Waals surface area contributed by atoms with E-state index in [4.69, 9.17) is 0 Å². The second-order valence-electron chi connectivity index (χ2n) is 5.93. The van der Waals surface area contributed by atoms with E-state index >= 15 is 0 Å². The van der Waals surface area contributed by atoms with Crippen molar-refractivity contribution in [2.45, 2.75) is 24.5 Å². The first-order chi connectivity index (χ1) is 10.5. The van der Waals surface area contributed by atoms with Gasteiger partial charge in [-0.2, -0.15) is 0 Å². The van der Waals surface area contributed by atoms with Gasteiger partial charge in [-0.25, -0.2) is 0 Å². The Morgan fingerprint density at radius 3 is 1.77 bits per heavy atom. The smallest absolute Gasteiger partial charge is 0.186 e. The summed E-state index contributed by atoms with van der Waals surface area (Å²) in [7, 11) is 0. The molecule has 2 N–H and O–H groups in total. The molecule has 0 saturated heterocycles. The molecule has 0 atom stereocenters. The van der Waals surface area contributed by atoms with Crippen LogP contribution in [0.3, 0.4) is 0 Å². The number of benzene rings is 2.